The Morgan fingerprint density at radius 1 is 0.475 bits per heavy atom. The van der Waals surface area contributed by atoms with Gasteiger partial charge in [-0.05, 0) is 81.8 Å². The van der Waals surface area contributed by atoms with Gasteiger partial charge in [0, 0.05) is 44.8 Å². The fraction of sp³-hybridized carbons (Fsp3) is 0.718. The fourth-order valence-electron chi connectivity index (χ4n) is 19.3. The van der Waals surface area contributed by atoms with E-state index in [0.29, 0.717) is 100 Å². The minimum absolute atomic E-state index is 0. The van der Waals surface area contributed by atoms with Gasteiger partial charge < -0.3 is 6.92 Å². The van der Waals surface area contributed by atoms with Crippen LogP contribution in [0.1, 0.15) is 313 Å². The van der Waals surface area contributed by atoms with Crippen LogP contribution in [0.25, 0.3) is 0 Å². The van der Waals surface area contributed by atoms with Crippen LogP contribution >= 0.6 is 34.7 Å². The van der Waals surface area contributed by atoms with Crippen molar-refractivity contribution < 1.29 is 18.9 Å². The largest absolute Gasteiger partial charge is 1.00 e. The maximum atomic E-state index is 7.11. The standard InChI is InChI=1S/C27H45ClGeN3P.C27H46GeN3P.C27H44N3P.C4H9.Li/c1-17(2)23-10-9-11-24(18(3)4)26(23)32(29-28)25-21-12-13-22(16-21)27(25)33-30(19(5)6)14-15-31(33)20(7)8;1-17(2)23-10-9-11-24(18(3)4)26(23)31(28)25-21-12-13-22(16-21)27(25)32-29(19(5)6)14-15-30(32)20(7)8;1-17(2)23-10-9-11-24(18(3)4)26(23)28-25-21-12-13-22(16-21)27(25)31-29(19(5)6)14-15-30(31)20(7)8;1-3-4-2;/h9-11,17-22H,12-16,29H2,1-8H3;9-11,17-22H,12-16H2,1-8,28H3;9-11,17-22,27H,12-16H2,1-8H3;1,3-4H2,2H3;/q2*-1;;-1;+1/p+2/t;21-,22+;;;/m.1.../s1. The molecular weight excluding hydrogens is 1430 g/mol. The number of halogens is 1. The second-order valence-electron chi connectivity index (χ2n) is 35.1. The molecule has 5 unspecified atom stereocenters. The Labute approximate surface area is 656 Å². The topological polar surface area (TPSA) is 38.3 Å². The van der Waals surface area contributed by atoms with Crippen LogP contribution in [0, 0.1) is 42.4 Å². The minimum atomic E-state index is -1.45. The van der Waals surface area contributed by atoms with Crippen molar-refractivity contribution in [1.29, 1.82) is 0 Å². The third kappa shape index (κ3) is 18.4. The van der Waals surface area contributed by atoms with E-state index in [9.17, 15) is 0 Å². The zero-order valence-corrected chi connectivity index (χ0v) is 80.3. The molecule has 0 N–H and O–H groups in total. The molecule has 6 bridgehead atoms. The van der Waals surface area contributed by atoms with Gasteiger partial charge in [0.25, 0.3) is 0 Å². The number of anilines is 2. The number of unbranched alkanes of at least 4 members (excludes halogenated alkanes) is 1. The molecule has 0 radical (unpaired) electrons. The molecule has 3 aliphatic heterocycles. The molecule has 0 amide bonds. The maximum absolute atomic E-state index is 7.11. The number of allylic oxidation sites excluding steroid dienone is 4. The van der Waals surface area contributed by atoms with Crippen LogP contribution in [-0.2, 0) is 0 Å². The van der Waals surface area contributed by atoms with Gasteiger partial charge >= 0.3 is 442 Å². The van der Waals surface area contributed by atoms with E-state index in [1.54, 1.807) is 33.9 Å². The summed E-state index contributed by atoms with van der Waals surface area (Å²) in [5.74, 6) is 7.84. The van der Waals surface area contributed by atoms with Crippen molar-refractivity contribution in [3.8, 4) is 0 Å². The molecule has 101 heavy (non-hydrogen) atoms. The van der Waals surface area contributed by atoms with Crippen molar-refractivity contribution in [1.82, 2.24) is 28.0 Å². The first-order valence-electron chi connectivity index (χ1n) is 40.9. The molecule has 7 fully saturated rings. The molecule has 12 rings (SSSR count). The fourth-order valence-corrected chi connectivity index (χ4v) is 37.1. The Kier molecular flexibility index (Phi) is 32.3. The summed E-state index contributed by atoms with van der Waals surface area (Å²) in [6, 6.07) is 24.7. The average Bonchev–Trinajstić information content (AvgIpc) is 1.61. The third-order valence-corrected chi connectivity index (χ3v) is 40.5. The van der Waals surface area contributed by atoms with Gasteiger partial charge in [0.05, 0.1) is 5.69 Å². The molecule has 6 aliphatic carbocycles. The smallest absolute Gasteiger partial charge is 0.343 e. The number of hydrogen-bond donors (Lipinski definition) is 0. The van der Waals surface area contributed by atoms with Gasteiger partial charge in [0.15, 0.2) is 0 Å². The number of fused-ring (bicyclic) bond motifs is 6. The van der Waals surface area contributed by atoms with Gasteiger partial charge in [-0.15, -0.1) is 0 Å². The number of para-hydroxylation sites is 3. The van der Waals surface area contributed by atoms with E-state index in [4.69, 9.17) is 15.0 Å². The van der Waals surface area contributed by atoms with Crippen LogP contribution in [0.5, 0.6) is 0 Å². The second-order valence-corrected chi connectivity index (χ2v) is 47.0. The van der Waals surface area contributed by atoms with E-state index >= 15 is 0 Å². The number of aliphatic imine (C=N–C) groups is 1. The third-order valence-electron chi connectivity index (χ3n) is 24.4. The molecule has 3 saturated heterocycles. The van der Waals surface area contributed by atoms with E-state index in [1.165, 1.54) is 137 Å². The Hall–Kier alpha value is -0.567. The number of nitrogens with zero attached hydrogens (tertiary/aromatic N) is 9. The summed E-state index contributed by atoms with van der Waals surface area (Å²) < 4.78 is 22.9. The van der Waals surface area contributed by atoms with Crippen LogP contribution in [0.15, 0.2) is 81.6 Å². The van der Waals surface area contributed by atoms with Gasteiger partial charge in [0.1, 0.15) is 0 Å². The molecule has 3 aromatic rings. The van der Waals surface area contributed by atoms with Crippen LogP contribution < -0.4 is 26.6 Å². The van der Waals surface area contributed by atoms with Crippen LogP contribution in [0.4, 0.5) is 17.1 Å². The van der Waals surface area contributed by atoms with Crippen LogP contribution in [0.2, 0.25) is 0 Å². The predicted octanol–water partition coefficient (Wildman–Crippen LogP) is 19.4. The van der Waals surface area contributed by atoms with Crippen molar-refractivity contribution in [3.63, 3.8) is 0 Å². The molecular formula is C85H146ClGe2LiN9P3. The molecule has 3 aromatic carbocycles. The molecule has 7 atom stereocenters. The first-order valence-corrected chi connectivity index (χ1v) is 52.1. The van der Waals surface area contributed by atoms with Gasteiger partial charge in [-0.25, -0.2) is 0 Å². The van der Waals surface area contributed by atoms with Gasteiger partial charge in [0.2, 0.25) is 0 Å². The first-order chi connectivity index (χ1) is 47.4. The quantitative estimate of drug-likeness (QED) is 0.0560. The minimum Gasteiger partial charge on any atom is -0.343 e. The number of hydrogen-bond acceptors (Lipinski definition) is 9. The predicted molar refractivity (Wildman–Crippen MR) is 455 cm³/mol. The molecule has 0 spiro atoms. The molecule has 562 valence electrons. The average molecular weight is 1570 g/mol. The molecule has 9 nitrogen and oxygen atoms in total. The van der Waals surface area contributed by atoms with Gasteiger partial charge in [-0.1, -0.05) is 59.2 Å². The molecule has 16 heteroatoms. The number of benzene rings is 3. The summed E-state index contributed by atoms with van der Waals surface area (Å²) in [6.45, 7) is 70.2. The SMILES string of the molecule is CC(C)c1cccc(C(C)C)c1N=C1C2CCC(C2)C1P1N(C(C)C)CCN1C(C)C.CC(C)c1cccc(C(C)C)c1[N]([GeH2-][Cl])C1=C([PH+]2N(C(C)C)CCN2C(C)C)C2CCC1C2.CC(C)c1cccc(C(C)C)c1[N]([GeH3-])C1=C([PH+]2N(C(C)C)CCN2C(C)C)[C@H]2CC[C@@H]1C2.[CH2-]CCC.[Li+]. The summed E-state index contributed by atoms with van der Waals surface area (Å²) in [5, 5.41) is 3.75. The Balaban J connectivity index is 0.000000186. The van der Waals surface area contributed by atoms with Crippen molar-refractivity contribution in [3.05, 3.63) is 117 Å². The van der Waals surface area contributed by atoms with Crippen molar-refractivity contribution >= 4 is 88.9 Å². The molecule has 0 aromatic heterocycles. The molecule has 9 aliphatic rings. The summed E-state index contributed by atoms with van der Waals surface area (Å²) in [5.41, 5.74) is 19.1. The summed E-state index contributed by atoms with van der Waals surface area (Å²) in [7, 11) is 5.07. The van der Waals surface area contributed by atoms with E-state index in [-0.39, 0.29) is 27.1 Å². The maximum Gasteiger partial charge on any atom is 1.00 e. The normalized spacial score (nSPS) is 25.4. The number of rotatable bonds is 22. The van der Waals surface area contributed by atoms with Crippen LogP contribution in [0.3, 0.4) is 0 Å². The van der Waals surface area contributed by atoms with Gasteiger partial charge in [-0.2, -0.15) is 6.42 Å². The zero-order valence-electron chi connectivity index (χ0n) is 69.5. The monoisotopic (exact) mass is 1580 g/mol. The molecule has 4 saturated carbocycles. The van der Waals surface area contributed by atoms with E-state index in [2.05, 4.69) is 270 Å². The van der Waals surface area contributed by atoms with E-state index < -0.39 is 31.2 Å². The Morgan fingerprint density at radius 3 is 1.16 bits per heavy atom. The van der Waals surface area contributed by atoms with Crippen molar-refractivity contribution in [2.75, 3.05) is 47.0 Å². The van der Waals surface area contributed by atoms with E-state index in [1.807, 2.05) is 10.6 Å². The Morgan fingerprint density at radius 2 is 0.812 bits per heavy atom. The Bertz CT molecular complexity index is 3150. The first kappa shape index (κ1) is 86.0. The summed E-state index contributed by atoms with van der Waals surface area (Å²) >= 11 is -0.852. The molecule has 3 heterocycles. The van der Waals surface area contributed by atoms with Crippen LogP contribution in [-0.4, -0.2) is 146 Å². The summed E-state index contributed by atoms with van der Waals surface area (Å²) in [4.78, 5) is 5.68. The van der Waals surface area contributed by atoms with Crippen molar-refractivity contribution in [2.45, 2.75) is 321 Å². The van der Waals surface area contributed by atoms with Crippen molar-refractivity contribution in [2.24, 2.45) is 40.5 Å². The van der Waals surface area contributed by atoms with E-state index in [0.717, 1.165) is 36.0 Å². The summed E-state index contributed by atoms with van der Waals surface area (Å²) in [6.07, 6.45) is 14.8. The second kappa shape index (κ2) is 37.9. The van der Waals surface area contributed by atoms with Gasteiger partial charge in [-0.3, -0.25) is 14.3 Å². The zero-order chi connectivity index (χ0) is 73.2.